The van der Waals surface area contributed by atoms with E-state index in [0.29, 0.717) is 0 Å². The van der Waals surface area contributed by atoms with Crippen molar-refractivity contribution in [2.45, 2.75) is 107 Å². The number of unbranched alkanes of at least 4 members (excludes halogenated alkanes) is 2. The third-order valence-corrected chi connectivity index (χ3v) is 6.52. The van der Waals surface area contributed by atoms with Crippen molar-refractivity contribution in [2.75, 3.05) is 14.1 Å². The van der Waals surface area contributed by atoms with Gasteiger partial charge in [0.05, 0.1) is 0 Å². The molecule has 0 amide bonds. The Morgan fingerprint density at radius 3 is 1.75 bits per heavy atom. The van der Waals surface area contributed by atoms with Crippen molar-refractivity contribution in [1.82, 2.24) is 10.2 Å². The Morgan fingerprint density at radius 1 is 0.795 bits per heavy atom. The molecule has 244 valence electrons. The number of allylic oxidation sites excluding steroid dienone is 3. The number of benzene rings is 3. The summed E-state index contributed by atoms with van der Waals surface area (Å²) in [6.07, 6.45) is 11.1. The van der Waals surface area contributed by atoms with Gasteiger partial charge in [0.25, 0.3) is 0 Å². The summed E-state index contributed by atoms with van der Waals surface area (Å²) in [6, 6.07) is 26.0. The SMILES string of the molecule is C=C(C)C.C=CN/C(=C\C)CC.CCCCC.CCc1cc(-c2ccccc2CN(C)C)ccc1C.CCc1ccccc1. The molecule has 44 heavy (non-hydrogen) atoms. The van der Waals surface area contributed by atoms with Gasteiger partial charge in [0, 0.05) is 12.2 Å². The lowest BCUT2D eigenvalue weighted by Gasteiger charge is -2.15. The van der Waals surface area contributed by atoms with Crippen molar-refractivity contribution in [3.63, 3.8) is 0 Å². The van der Waals surface area contributed by atoms with Gasteiger partial charge >= 0.3 is 0 Å². The molecule has 0 saturated carbocycles. The van der Waals surface area contributed by atoms with E-state index in [9.17, 15) is 0 Å². The first kappa shape index (κ1) is 42.8. The van der Waals surface area contributed by atoms with Crippen LogP contribution in [-0.2, 0) is 19.4 Å². The van der Waals surface area contributed by atoms with Gasteiger partial charge < -0.3 is 10.2 Å². The molecule has 0 aliphatic carbocycles. The molecule has 2 heteroatoms. The predicted octanol–water partition coefficient (Wildman–Crippen LogP) is 12.3. The molecule has 3 rings (SSSR count). The lowest BCUT2D eigenvalue weighted by Crippen LogP contribution is -2.11. The monoisotopic (exact) mass is 599 g/mol. The molecule has 2 nitrogen and oxygen atoms in total. The Balaban J connectivity index is 0. The maximum atomic E-state index is 3.56. The minimum atomic E-state index is 0.978. The first-order valence-electron chi connectivity index (χ1n) is 16.6. The van der Waals surface area contributed by atoms with Crippen LogP contribution >= 0.6 is 0 Å². The molecule has 0 atom stereocenters. The van der Waals surface area contributed by atoms with Crippen LogP contribution in [0.25, 0.3) is 11.1 Å². The highest BCUT2D eigenvalue weighted by molar-refractivity contribution is 5.68. The van der Waals surface area contributed by atoms with Crippen LogP contribution in [0.3, 0.4) is 0 Å². The van der Waals surface area contributed by atoms with E-state index in [1.807, 2.05) is 32.9 Å². The van der Waals surface area contributed by atoms with Gasteiger partial charge in [-0.2, -0.15) is 0 Å². The first-order valence-corrected chi connectivity index (χ1v) is 16.6. The Bertz CT molecular complexity index is 1150. The predicted molar refractivity (Wildman–Crippen MR) is 202 cm³/mol. The molecule has 0 spiro atoms. The van der Waals surface area contributed by atoms with Gasteiger partial charge in [-0.1, -0.05) is 145 Å². The van der Waals surface area contributed by atoms with E-state index in [1.54, 1.807) is 6.20 Å². The van der Waals surface area contributed by atoms with Crippen LogP contribution in [0, 0.1) is 6.92 Å². The molecular weight excluding hydrogens is 532 g/mol. The lowest BCUT2D eigenvalue weighted by atomic mass is 9.95. The van der Waals surface area contributed by atoms with Gasteiger partial charge in [-0.15, -0.1) is 6.58 Å². The average molecular weight is 599 g/mol. The van der Waals surface area contributed by atoms with Crippen LogP contribution in [0.2, 0.25) is 0 Å². The van der Waals surface area contributed by atoms with Crippen LogP contribution in [0.1, 0.15) is 103 Å². The van der Waals surface area contributed by atoms with E-state index in [1.165, 1.54) is 63.9 Å². The van der Waals surface area contributed by atoms with Crippen molar-refractivity contribution in [3.05, 3.63) is 132 Å². The summed E-state index contributed by atoms with van der Waals surface area (Å²) in [5.74, 6) is 0. The Hall–Kier alpha value is -3.36. The zero-order valence-electron chi connectivity index (χ0n) is 30.4. The molecule has 0 heterocycles. The van der Waals surface area contributed by atoms with Crippen LogP contribution < -0.4 is 5.32 Å². The highest BCUT2D eigenvalue weighted by atomic mass is 15.0. The largest absolute Gasteiger partial charge is 0.366 e. The first-order chi connectivity index (χ1) is 21.0. The second-order valence-corrected chi connectivity index (χ2v) is 11.3. The summed E-state index contributed by atoms with van der Waals surface area (Å²) in [5, 5.41) is 3.01. The average Bonchev–Trinajstić information content (AvgIpc) is 3.01. The standard InChI is InChI=1S/C18H23N.C8H10.C7H13N.C5H12.C4H8/c1-5-15-12-16(11-10-14(15)2)18-9-7-6-8-17(18)13-19(3)4;1-2-8-6-4-3-5-7-8;1-4-7(5-2)8-6-3;1-3-5-4-2;1-4(2)3/h6-12H,5,13H2,1-4H3;3-7H,2H2,1H3;4,6,8H,3,5H2,1-2H3;3-5H2,1-2H3;1H2,2-3H3/b;;7-4-;;. The van der Waals surface area contributed by atoms with Gasteiger partial charge in [0.1, 0.15) is 0 Å². The second-order valence-electron chi connectivity index (χ2n) is 11.3. The fraction of sp³-hybridized carbons (Fsp3) is 0.429. The molecule has 3 aromatic carbocycles. The molecule has 3 aromatic rings. The van der Waals surface area contributed by atoms with Crippen molar-refractivity contribution in [2.24, 2.45) is 0 Å². The summed E-state index contributed by atoms with van der Waals surface area (Å²) >= 11 is 0. The van der Waals surface area contributed by atoms with Crippen molar-refractivity contribution in [3.8, 4) is 11.1 Å². The minimum absolute atomic E-state index is 0.978. The molecule has 0 unspecified atom stereocenters. The van der Waals surface area contributed by atoms with Crippen molar-refractivity contribution < 1.29 is 0 Å². The second kappa shape index (κ2) is 28.4. The van der Waals surface area contributed by atoms with Gasteiger partial charge in [0.15, 0.2) is 0 Å². The Kier molecular flexibility index (Phi) is 27.6. The van der Waals surface area contributed by atoms with Crippen molar-refractivity contribution in [1.29, 1.82) is 0 Å². The van der Waals surface area contributed by atoms with Crippen molar-refractivity contribution >= 4 is 0 Å². The summed E-state index contributed by atoms with van der Waals surface area (Å²) in [6.45, 7) is 27.1. The molecule has 0 aromatic heterocycles. The molecule has 0 aliphatic heterocycles. The highest BCUT2D eigenvalue weighted by Crippen LogP contribution is 2.26. The van der Waals surface area contributed by atoms with Crippen LogP contribution in [0.5, 0.6) is 0 Å². The van der Waals surface area contributed by atoms with E-state index in [2.05, 4.69) is 146 Å². The van der Waals surface area contributed by atoms with Crippen LogP contribution in [0.4, 0.5) is 0 Å². The molecular formula is C42H66N2. The van der Waals surface area contributed by atoms with Crippen LogP contribution in [-0.4, -0.2) is 19.0 Å². The number of rotatable bonds is 10. The lowest BCUT2D eigenvalue weighted by molar-refractivity contribution is 0.403. The number of aryl methyl sites for hydroxylation is 3. The topological polar surface area (TPSA) is 15.3 Å². The van der Waals surface area contributed by atoms with E-state index < -0.39 is 0 Å². The minimum Gasteiger partial charge on any atom is -0.366 e. The quantitative estimate of drug-likeness (QED) is 0.234. The van der Waals surface area contributed by atoms with E-state index in [4.69, 9.17) is 0 Å². The third-order valence-electron chi connectivity index (χ3n) is 6.52. The third kappa shape index (κ3) is 22.2. The van der Waals surface area contributed by atoms with E-state index in [-0.39, 0.29) is 0 Å². The fourth-order valence-electron chi connectivity index (χ4n) is 4.09. The smallest absolute Gasteiger partial charge is 0.0233 e. The van der Waals surface area contributed by atoms with Gasteiger partial charge in [-0.05, 0) is 101 Å². The zero-order chi connectivity index (χ0) is 33.8. The summed E-state index contributed by atoms with van der Waals surface area (Å²) in [7, 11) is 4.23. The fourth-order valence-corrected chi connectivity index (χ4v) is 4.09. The summed E-state index contributed by atoms with van der Waals surface area (Å²) in [4.78, 5) is 2.22. The molecule has 1 N–H and O–H groups in total. The molecule has 0 bridgehead atoms. The molecule has 0 saturated heterocycles. The normalized spacial score (nSPS) is 9.95. The van der Waals surface area contributed by atoms with E-state index >= 15 is 0 Å². The Morgan fingerprint density at radius 2 is 1.36 bits per heavy atom. The van der Waals surface area contributed by atoms with Gasteiger partial charge in [-0.3, -0.25) is 0 Å². The number of nitrogens with one attached hydrogen (secondary N) is 1. The maximum absolute atomic E-state index is 3.56. The van der Waals surface area contributed by atoms with Crippen LogP contribution in [0.15, 0.2) is 110 Å². The number of nitrogens with zero attached hydrogens (tertiary/aromatic N) is 1. The van der Waals surface area contributed by atoms with Gasteiger partial charge in [-0.25, -0.2) is 0 Å². The molecule has 0 aliphatic rings. The molecule has 0 fully saturated rings. The molecule has 0 radical (unpaired) electrons. The summed E-state index contributed by atoms with van der Waals surface area (Å²) < 4.78 is 0. The van der Waals surface area contributed by atoms with Gasteiger partial charge in [0.2, 0.25) is 0 Å². The number of hydrogen-bond donors (Lipinski definition) is 1. The highest BCUT2D eigenvalue weighted by Gasteiger charge is 2.07. The summed E-state index contributed by atoms with van der Waals surface area (Å²) in [5.41, 5.74) is 10.7. The number of hydrogen-bond acceptors (Lipinski definition) is 2. The maximum Gasteiger partial charge on any atom is 0.0233 e. The zero-order valence-corrected chi connectivity index (χ0v) is 30.4. The van der Waals surface area contributed by atoms with E-state index in [0.717, 1.165) is 25.8 Å². The Labute approximate surface area is 274 Å².